The number of ketones is 2. The first-order valence-electron chi connectivity index (χ1n) is 12.7. The van der Waals surface area contributed by atoms with Gasteiger partial charge in [0.05, 0.1) is 6.10 Å². The van der Waals surface area contributed by atoms with Crippen LogP contribution in [0, 0.1) is 34.5 Å². The van der Waals surface area contributed by atoms with Crippen LogP contribution in [0.3, 0.4) is 0 Å². The first kappa shape index (κ1) is 22.0. The maximum absolute atomic E-state index is 12.7. The molecule has 5 aliphatic rings. The fourth-order valence-corrected chi connectivity index (χ4v) is 8.86. The molecule has 4 aliphatic carbocycles. The summed E-state index contributed by atoms with van der Waals surface area (Å²) in [7, 11) is 0. The van der Waals surface area contributed by atoms with Crippen LogP contribution >= 0.6 is 0 Å². The quantitative estimate of drug-likeness (QED) is 0.714. The summed E-state index contributed by atoms with van der Waals surface area (Å²) in [6.45, 7) is 6.87. The number of rotatable bonds is 3. The number of aliphatic hydroxyl groups is 1. The van der Waals surface area contributed by atoms with Gasteiger partial charge in [-0.15, -0.1) is 0 Å². The van der Waals surface area contributed by atoms with Crippen LogP contribution < -0.4 is 0 Å². The highest BCUT2D eigenvalue weighted by Gasteiger charge is 2.68. The Bertz CT molecular complexity index is 744. The molecule has 31 heavy (non-hydrogen) atoms. The molecular weight excluding hydrogens is 392 g/mol. The van der Waals surface area contributed by atoms with Crippen molar-refractivity contribution in [1.82, 2.24) is 0 Å². The standard InChI is InChI=1S/C26H40O5/c1-16(27)26(29)12-10-20-19-8-7-17-14-18(28)9-11-24(17,2)23(19)21(15-25(20,26)3)31-22-6-4-5-13-30-22/h17,19-23,29H,4-15H2,1-3H3/t17-,19?,20?,21-,22?,23?,24+,25+,26+/m1/s1. The number of Topliss-reactive ketones (excluding diaryl/α,β-unsaturated/α-hetero) is 2. The summed E-state index contributed by atoms with van der Waals surface area (Å²) in [4.78, 5) is 24.9. The molecule has 0 amide bonds. The Kier molecular flexibility index (Phi) is 5.42. The Morgan fingerprint density at radius 1 is 1.13 bits per heavy atom. The summed E-state index contributed by atoms with van der Waals surface area (Å²) in [5.74, 6) is 1.92. The van der Waals surface area contributed by atoms with Crippen LogP contribution in [0.5, 0.6) is 0 Å². The van der Waals surface area contributed by atoms with Crippen LogP contribution in [0.2, 0.25) is 0 Å². The molecular formula is C26H40O5. The van der Waals surface area contributed by atoms with Crippen molar-refractivity contribution in [3.05, 3.63) is 0 Å². The second kappa shape index (κ2) is 7.63. The molecule has 1 heterocycles. The topological polar surface area (TPSA) is 72.8 Å². The van der Waals surface area contributed by atoms with Gasteiger partial charge in [0.1, 0.15) is 11.4 Å². The molecule has 1 aliphatic heterocycles. The molecule has 5 rings (SSSR count). The highest BCUT2D eigenvalue weighted by molar-refractivity contribution is 5.86. The third kappa shape index (κ3) is 3.20. The summed E-state index contributed by atoms with van der Waals surface area (Å²) in [6, 6.07) is 0. The van der Waals surface area contributed by atoms with Gasteiger partial charge in [-0.05, 0) is 93.8 Å². The zero-order valence-electron chi connectivity index (χ0n) is 19.5. The van der Waals surface area contributed by atoms with E-state index in [2.05, 4.69) is 13.8 Å². The fourth-order valence-electron chi connectivity index (χ4n) is 8.86. The van der Waals surface area contributed by atoms with Crippen molar-refractivity contribution in [3.63, 3.8) is 0 Å². The van der Waals surface area contributed by atoms with Crippen LogP contribution in [-0.2, 0) is 19.1 Å². The van der Waals surface area contributed by atoms with E-state index < -0.39 is 11.0 Å². The van der Waals surface area contributed by atoms with Gasteiger partial charge in [-0.25, -0.2) is 0 Å². The highest BCUT2D eigenvalue weighted by atomic mass is 16.7. The smallest absolute Gasteiger partial charge is 0.161 e. The number of hydrogen-bond donors (Lipinski definition) is 1. The van der Waals surface area contributed by atoms with Crippen LogP contribution in [0.15, 0.2) is 0 Å². The van der Waals surface area contributed by atoms with Gasteiger partial charge in [-0.1, -0.05) is 13.8 Å². The van der Waals surface area contributed by atoms with E-state index in [1.165, 1.54) is 0 Å². The summed E-state index contributed by atoms with van der Waals surface area (Å²) >= 11 is 0. The van der Waals surface area contributed by atoms with Crippen LogP contribution in [-0.4, -0.2) is 41.3 Å². The summed E-state index contributed by atoms with van der Waals surface area (Å²) in [5, 5.41) is 11.6. The maximum atomic E-state index is 12.7. The van der Waals surface area contributed by atoms with E-state index in [-0.39, 0.29) is 23.6 Å². The number of hydrogen-bond acceptors (Lipinski definition) is 5. The lowest BCUT2D eigenvalue weighted by molar-refractivity contribution is -0.260. The molecule has 1 N–H and O–H groups in total. The predicted octanol–water partition coefficient (Wildman–Crippen LogP) is 4.44. The number of fused-ring (bicyclic) bond motifs is 5. The Balaban J connectivity index is 1.52. The maximum Gasteiger partial charge on any atom is 0.161 e. The number of carbonyl (C=O) groups is 2. The van der Waals surface area contributed by atoms with E-state index in [1.807, 2.05) is 0 Å². The zero-order valence-corrected chi connectivity index (χ0v) is 19.5. The SMILES string of the molecule is CC(=O)[C@@]1(O)CCC2C3CC[C@@H]4CC(=O)CC[C@]4(C)C3[C@H](OC3CCCCO3)C[C@@]21C. The van der Waals surface area contributed by atoms with Crippen molar-refractivity contribution in [2.45, 2.75) is 109 Å². The van der Waals surface area contributed by atoms with E-state index in [0.29, 0.717) is 55.1 Å². The lowest BCUT2D eigenvalue weighted by Crippen LogP contribution is -2.63. The average molecular weight is 433 g/mol. The molecule has 0 aromatic heterocycles. The first-order chi connectivity index (χ1) is 14.7. The molecule has 0 aromatic carbocycles. The molecule has 4 saturated carbocycles. The third-order valence-electron chi connectivity index (χ3n) is 10.6. The van der Waals surface area contributed by atoms with E-state index in [9.17, 15) is 14.7 Å². The van der Waals surface area contributed by atoms with Gasteiger partial charge in [0, 0.05) is 24.9 Å². The Morgan fingerprint density at radius 3 is 2.65 bits per heavy atom. The lowest BCUT2D eigenvalue weighted by atomic mass is 9.43. The molecule has 1 saturated heterocycles. The molecule has 5 heteroatoms. The summed E-state index contributed by atoms with van der Waals surface area (Å²) in [5.41, 5.74) is -1.61. The Morgan fingerprint density at radius 2 is 1.94 bits per heavy atom. The van der Waals surface area contributed by atoms with Crippen LogP contribution in [0.1, 0.15) is 91.4 Å². The van der Waals surface area contributed by atoms with Crippen molar-refractivity contribution in [2.75, 3.05) is 6.61 Å². The van der Waals surface area contributed by atoms with Gasteiger partial charge in [-0.3, -0.25) is 9.59 Å². The molecule has 9 atom stereocenters. The van der Waals surface area contributed by atoms with E-state index in [4.69, 9.17) is 9.47 Å². The average Bonchev–Trinajstić information content (AvgIpc) is 3.01. The monoisotopic (exact) mass is 432 g/mol. The van der Waals surface area contributed by atoms with Gasteiger partial charge < -0.3 is 14.6 Å². The zero-order chi connectivity index (χ0) is 22.0. The normalized spacial score (nSPS) is 52.2. The molecule has 4 unspecified atom stereocenters. The van der Waals surface area contributed by atoms with Crippen molar-refractivity contribution >= 4 is 11.6 Å². The Labute approximate surface area is 186 Å². The van der Waals surface area contributed by atoms with E-state index >= 15 is 0 Å². The molecule has 0 aromatic rings. The number of ether oxygens (including phenoxy) is 2. The number of carbonyl (C=O) groups excluding carboxylic acids is 2. The summed E-state index contributed by atoms with van der Waals surface area (Å²) in [6.07, 6.45) is 9.63. The fraction of sp³-hybridized carbons (Fsp3) is 0.923. The molecule has 5 fully saturated rings. The van der Waals surface area contributed by atoms with Crippen LogP contribution in [0.25, 0.3) is 0 Å². The van der Waals surface area contributed by atoms with Gasteiger partial charge in [0.15, 0.2) is 12.1 Å². The Hall–Kier alpha value is -0.780. The van der Waals surface area contributed by atoms with E-state index in [1.54, 1.807) is 6.92 Å². The minimum atomic E-state index is -1.25. The van der Waals surface area contributed by atoms with Gasteiger partial charge >= 0.3 is 0 Å². The predicted molar refractivity (Wildman–Crippen MR) is 116 cm³/mol. The molecule has 0 bridgehead atoms. The second-order valence-electron chi connectivity index (χ2n) is 11.9. The van der Waals surface area contributed by atoms with Gasteiger partial charge in [-0.2, -0.15) is 0 Å². The van der Waals surface area contributed by atoms with Crippen molar-refractivity contribution in [2.24, 2.45) is 34.5 Å². The molecule has 5 nitrogen and oxygen atoms in total. The van der Waals surface area contributed by atoms with Crippen molar-refractivity contribution in [3.8, 4) is 0 Å². The largest absolute Gasteiger partial charge is 0.382 e. The van der Waals surface area contributed by atoms with Gasteiger partial charge in [0.25, 0.3) is 0 Å². The third-order valence-corrected chi connectivity index (χ3v) is 10.6. The minimum absolute atomic E-state index is 0.0284. The summed E-state index contributed by atoms with van der Waals surface area (Å²) < 4.78 is 12.7. The molecule has 174 valence electrons. The van der Waals surface area contributed by atoms with E-state index in [0.717, 1.165) is 51.6 Å². The minimum Gasteiger partial charge on any atom is -0.382 e. The first-order valence-corrected chi connectivity index (χ1v) is 12.7. The lowest BCUT2D eigenvalue weighted by Gasteiger charge is -2.63. The second-order valence-corrected chi connectivity index (χ2v) is 11.9. The van der Waals surface area contributed by atoms with Crippen molar-refractivity contribution < 1.29 is 24.2 Å². The molecule has 0 spiro atoms. The van der Waals surface area contributed by atoms with Gasteiger partial charge in [0.2, 0.25) is 0 Å². The molecule has 0 radical (unpaired) electrons. The highest BCUT2D eigenvalue weighted by Crippen LogP contribution is 2.68. The van der Waals surface area contributed by atoms with Crippen molar-refractivity contribution in [1.29, 1.82) is 0 Å². The van der Waals surface area contributed by atoms with Crippen LogP contribution in [0.4, 0.5) is 0 Å².